The molecule has 7 heterocycles. The Balaban J connectivity index is 1.10. The molecule has 4 saturated heterocycles. The number of hydrogen-bond donors (Lipinski definition) is 2. The van der Waals surface area contributed by atoms with Gasteiger partial charge in [0.25, 0.3) is 0 Å². The zero-order chi connectivity index (χ0) is 42.7. The molecule has 5 aliphatic rings. The number of pyridine rings is 1. The first kappa shape index (κ1) is 41.1. The lowest BCUT2D eigenvalue weighted by atomic mass is 9.93. The van der Waals surface area contributed by atoms with Crippen LogP contribution in [0.5, 0.6) is 11.8 Å². The van der Waals surface area contributed by atoms with Crippen LogP contribution in [0, 0.1) is 18.6 Å². The molecule has 0 saturated carbocycles. The number of nitrogens with zero attached hydrogens (tertiary/aromatic N) is 5. The van der Waals surface area contributed by atoms with Gasteiger partial charge in [-0.3, -0.25) is 4.90 Å². The van der Waals surface area contributed by atoms with Crippen molar-refractivity contribution in [3.63, 3.8) is 0 Å². The quantitative estimate of drug-likeness (QED) is 0.177. The van der Waals surface area contributed by atoms with E-state index >= 15 is 4.39 Å². The summed E-state index contributed by atoms with van der Waals surface area (Å²) in [5, 5.41) is 15.5. The molecule has 0 amide bonds. The molecule has 2 N–H and O–H groups in total. The van der Waals surface area contributed by atoms with Crippen LogP contribution in [0.25, 0.3) is 32.9 Å². The number of piperazine rings is 1. The van der Waals surface area contributed by atoms with E-state index in [1.807, 2.05) is 0 Å². The van der Waals surface area contributed by atoms with Gasteiger partial charge in [0.15, 0.2) is 5.82 Å². The third kappa shape index (κ3) is 6.31. The van der Waals surface area contributed by atoms with Crippen molar-refractivity contribution in [2.75, 3.05) is 31.2 Å². The second-order valence-corrected chi connectivity index (χ2v) is 16.7. The number of nitrogens with one attached hydrogen (secondary N) is 1. The Hall–Kier alpha value is -4.30. The highest BCUT2D eigenvalue weighted by molar-refractivity contribution is 6.02. The molecule has 60 heavy (non-hydrogen) atoms. The molecule has 2 aromatic carbocycles. The molecule has 4 aromatic rings. The third-order valence-corrected chi connectivity index (χ3v) is 13.3. The van der Waals surface area contributed by atoms with Crippen molar-refractivity contribution >= 4 is 27.5 Å². The molecule has 2 aromatic heterocycles. The Labute approximate surface area is 335 Å². The summed E-state index contributed by atoms with van der Waals surface area (Å²) in [6, 6.07) is 4.14. The number of benzene rings is 2. The van der Waals surface area contributed by atoms with Gasteiger partial charge in [-0.1, -0.05) is 6.07 Å². The topological polar surface area (TPSA) is 95.9 Å². The van der Waals surface area contributed by atoms with E-state index in [2.05, 4.69) is 19.9 Å². The molecule has 0 spiro atoms. The average molecular weight is 861 g/mol. The van der Waals surface area contributed by atoms with E-state index in [1.54, 1.807) is 0 Å². The number of aromatic hydroxyl groups is 1. The van der Waals surface area contributed by atoms with Gasteiger partial charge in [-0.25, -0.2) is 13.8 Å². The van der Waals surface area contributed by atoms with Gasteiger partial charge in [-0.05, 0) is 106 Å². The number of phenols is 1. The van der Waals surface area contributed by atoms with Gasteiger partial charge in [0.1, 0.15) is 35.2 Å². The molecule has 0 unspecified atom stereocenters. The fraction of sp³-hybridized carbons (Fsp3) is 0.575. The van der Waals surface area contributed by atoms with Crippen molar-refractivity contribution in [2.24, 2.45) is 0 Å². The fourth-order valence-electron chi connectivity index (χ4n) is 10.5. The minimum atomic E-state index is -6.85. The van der Waals surface area contributed by atoms with E-state index in [0.29, 0.717) is 59.9 Å². The average Bonchev–Trinajstić information content (AvgIpc) is 3.85. The molecule has 9 nitrogen and oxygen atoms in total. The predicted octanol–water partition coefficient (Wildman–Crippen LogP) is 8.60. The van der Waals surface area contributed by atoms with Crippen molar-refractivity contribution in [1.82, 2.24) is 25.2 Å². The zero-order valence-corrected chi connectivity index (χ0v) is 32.0. The molecular weight excluding hydrogens is 821 g/mol. The molecule has 5 atom stereocenters. The lowest BCUT2D eigenvalue weighted by Gasteiger charge is -2.43. The molecule has 5 aliphatic heterocycles. The maximum Gasteiger partial charge on any atom is 0.435 e. The molecule has 0 radical (unpaired) electrons. The van der Waals surface area contributed by atoms with Crippen molar-refractivity contribution < 1.29 is 62.9 Å². The number of halogens is 11. The van der Waals surface area contributed by atoms with Crippen LogP contribution in [0.2, 0.25) is 0 Å². The van der Waals surface area contributed by atoms with Crippen LogP contribution in [-0.4, -0.2) is 105 Å². The minimum absolute atomic E-state index is 0.0250. The normalized spacial score (nSPS) is 26.1. The fourth-order valence-corrected chi connectivity index (χ4v) is 10.5. The van der Waals surface area contributed by atoms with Gasteiger partial charge >= 0.3 is 30.1 Å². The van der Waals surface area contributed by atoms with Gasteiger partial charge in [-0.15, -0.1) is 0 Å². The highest BCUT2D eigenvalue weighted by Gasteiger charge is 2.85. The first-order chi connectivity index (χ1) is 28.2. The molecule has 0 aliphatic carbocycles. The van der Waals surface area contributed by atoms with Crippen LogP contribution in [0.3, 0.4) is 0 Å². The Morgan fingerprint density at radius 1 is 0.883 bits per heavy atom. The number of rotatable bonds is 7. The van der Waals surface area contributed by atoms with E-state index in [1.165, 1.54) is 36.1 Å². The van der Waals surface area contributed by atoms with Crippen molar-refractivity contribution in [3.05, 3.63) is 47.2 Å². The highest BCUT2D eigenvalue weighted by atomic mass is 19.4. The van der Waals surface area contributed by atoms with E-state index in [0.717, 1.165) is 19.3 Å². The first-order valence-corrected chi connectivity index (χ1v) is 19.8. The van der Waals surface area contributed by atoms with Gasteiger partial charge in [0, 0.05) is 36.3 Å². The smallest absolute Gasteiger partial charge is 0.435 e. The number of phenolic OH excluding ortho intramolecular Hbond substituents is 1. The number of aromatic nitrogens is 3. The van der Waals surface area contributed by atoms with Crippen LogP contribution in [0.4, 0.5) is 54.1 Å². The van der Waals surface area contributed by atoms with Gasteiger partial charge in [0.2, 0.25) is 0 Å². The zero-order valence-electron chi connectivity index (χ0n) is 32.0. The second-order valence-electron chi connectivity index (χ2n) is 16.7. The van der Waals surface area contributed by atoms with Crippen LogP contribution in [0.15, 0.2) is 24.3 Å². The number of fused-ring (bicyclic) bond motifs is 7. The van der Waals surface area contributed by atoms with Crippen molar-refractivity contribution in [2.45, 2.75) is 119 Å². The summed E-state index contributed by atoms with van der Waals surface area (Å²) in [6.07, 6.45) is -16.1. The summed E-state index contributed by atoms with van der Waals surface area (Å²) < 4.78 is 166. The molecule has 2 bridgehead atoms. The van der Waals surface area contributed by atoms with Crippen LogP contribution in [0.1, 0.15) is 62.6 Å². The maximum absolute atomic E-state index is 17.3. The number of aryl methyl sites for hydroxylation is 2. The van der Waals surface area contributed by atoms with Crippen molar-refractivity contribution in [3.8, 4) is 23.0 Å². The number of ether oxygens (including phenoxy) is 2. The molecule has 4 fully saturated rings. The SMILES string of the molecule is Cc1c(F)ccc2cc(O)cc(-c3nc4c5c(nc(OC[C@@]67CCCN6[C@H](COC(C(F)(F)F)(C(F)(F)F)C(F)(F)F)CC7)nc5c3F)N3C[C@H]5CC[C@H](N5)[C@H]3CCC4)c12. The standard InChI is InChI=1S/C40H39F11N6O3/c1-19-25(41)8-6-20-14-23(58)15-24(29(19)20)32-31(42)33-30-27(53-32)4-2-5-28-26-9-7-21(52-26)16-56(28)34(30)55-35(54-33)59-18-36-11-3-13-57(36)22(10-12-36)17-60-37(38(43,44)45,39(46,47)48)40(49,50)51/h6,8,14-15,21-22,26,28,52,58H,2-5,7,9-13,16-18H2,1H3/t21-,22+,26+,28-,36+/m1/s1. The monoisotopic (exact) mass is 860 g/mol. The molecule has 324 valence electrons. The van der Waals surface area contributed by atoms with Crippen LogP contribution in [-0.2, 0) is 11.2 Å². The Bertz CT molecular complexity index is 2320. The summed E-state index contributed by atoms with van der Waals surface area (Å²) in [5.41, 5.74) is -6.96. The maximum atomic E-state index is 17.3. The summed E-state index contributed by atoms with van der Waals surface area (Å²) in [4.78, 5) is 17.9. The minimum Gasteiger partial charge on any atom is -0.508 e. The summed E-state index contributed by atoms with van der Waals surface area (Å²) in [5.74, 6) is -1.28. The second kappa shape index (κ2) is 14.1. The highest BCUT2D eigenvalue weighted by Crippen LogP contribution is 2.56. The summed E-state index contributed by atoms with van der Waals surface area (Å²) in [7, 11) is 0. The third-order valence-electron chi connectivity index (χ3n) is 13.3. The van der Waals surface area contributed by atoms with Gasteiger partial charge in [0.05, 0.1) is 23.2 Å². The first-order valence-electron chi connectivity index (χ1n) is 19.8. The van der Waals surface area contributed by atoms with Crippen LogP contribution < -0.4 is 15.0 Å². The number of hydrogen-bond acceptors (Lipinski definition) is 9. The number of anilines is 1. The predicted molar refractivity (Wildman–Crippen MR) is 195 cm³/mol. The lowest BCUT2D eigenvalue weighted by Crippen LogP contribution is -2.68. The Morgan fingerprint density at radius 3 is 2.37 bits per heavy atom. The number of alkyl halides is 9. The summed E-state index contributed by atoms with van der Waals surface area (Å²) >= 11 is 0. The van der Waals surface area contributed by atoms with Crippen molar-refractivity contribution in [1.29, 1.82) is 0 Å². The molecule has 9 rings (SSSR count). The van der Waals surface area contributed by atoms with Gasteiger partial charge < -0.3 is 24.8 Å². The molecule has 20 heteroatoms. The largest absolute Gasteiger partial charge is 0.508 e. The van der Waals surface area contributed by atoms with E-state index in [9.17, 15) is 49.0 Å². The Kier molecular flexibility index (Phi) is 9.66. The van der Waals surface area contributed by atoms with E-state index in [4.69, 9.17) is 14.7 Å². The lowest BCUT2D eigenvalue weighted by molar-refractivity contribution is -0.458. The van der Waals surface area contributed by atoms with E-state index in [-0.39, 0.29) is 78.2 Å². The molecular formula is C40H39F11N6O3. The van der Waals surface area contributed by atoms with Gasteiger partial charge in [-0.2, -0.15) is 49.5 Å². The Morgan fingerprint density at radius 2 is 1.63 bits per heavy atom. The van der Waals surface area contributed by atoms with E-state index < -0.39 is 54.0 Å². The summed E-state index contributed by atoms with van der Waals surface area (Å²) in [6.45, 7) is 0.413. The van der Waals surface area contributed by atoms with Crippen LogP contribution >= 0.6 is 0 Å².